The van der Waals surface area contributed by atoms with Gasteiger partial charge in [-0.2, -0.15) is 13.2 Å². The molecule has 0 aliphatic carbocycles. The van der Waals surface area contributed by atoms with Gasteiger partial charge in [0.1, 0.15) is 11.8 Å². The third kappa shape index (κ3) is 6.60. The standard InChI is InChI=1S/C20H25F3N2O3/c1-13(2)11-27-12-17(18-8-5-9-28-18)25-19(26)24-14(3)15-6-4-7-16(10-15)20(21,22)23/h4-10,13-14,17H,11-12H2,1-3H3,(H2,24,25,26). The minimum absolute atomic E-state index is 0.219. The van der Waals surface area contributed by atoms with Gasteiger partial charge in [-0.25, -0.2) is 4.79 Å². The lowest BCUT2D eigenvalue weighted by molar-refractivity contribution is -0.137. The Morgan fingerprint density at radius 3 is 2.46 bits per heavy atom. The molecule has 2 N–H and O–H groups in total. The summed E-state index contributed by atoms with van der Waals surface area (Å²) in [6.07, 6.45) is -2.94. The number of amides is 2. The van der Waals surface area contributed by atoms with Crippen LogP contribution in [0.4, 0.5) is 18.0 Å². The van der Waals surface area contributed by atoms with Crippen LogP contribution >= 0.6 is 0 Å². The van der Waals surface area contributed by atoms with Crippen LogP contribution in [0.2, 0.25) is 0 Å². The van der Waals surface area contributed by atoms with E-state index in [-0.39, 0.29) is 6.61 Å². The summed E-state index contributed by atoms with van der Waals surface area (Å²) in [5, 5.41) is 5.40. The van der Waals surface area contributed by atoms with Crippen molar-refractivity contribution in [1.29, 1.82) is 0 Å². The quantitative estimate of drug-likeness (QED) is 0.652. The zero-order valence-corrected chi connectivity index (χ0v) is 16.0. The first kappa shape index (κ1) is 21.8. The minimum atomic E-state index is -4.43. The smallest absolute Gasteiger partial charge is 0.416 e. The second kappa shape index (κ2) is 9.64. The number of rotatable bonds is 8. The lowest BCUT2D eigenvalue weighted by atomic mass is 10.1. The van der Waals surface area contributed by atoms with Crippen LogP contribution < -0.4 is 10.6 Å². The van der Waals surface area contributed by atoms with E-state index in [4.69, 9.17) is 9.15 Å². The Balaban J connectivity index is 1.99. The summed E-state index contributed by atoms with van der Waals surface area (Å²) >= 11 is 0. The highest BCUT2D eigenvalue weighted by Gasteiger charge is 2.30. The van der Waals surface area contributed by atoms with Crippen LogP contribution in [0.5, 0.6) is 0 Å². The highest BCUT2D eigenvalue weighted by molar-refractivity contribution is 5.74. The average molecular weight is 398 g/mol. The highest BCUT2D eigenvalue weighted by atomic mass is 19.4. The summed E-state index contributed by atoms with van der Waals surface area (Å²) in [4.78, 5) is 12.4. The molecule has 2 rings (SSSR count). The van der Waals surface area contributed by atoms with Crippen molar-refractivity contribution in [1.82, 2.24) is 10.6 Å². The fourth-order valence-corrected chi connectivity index (χ4v) is 2.57. The van der Waals surface area contributed by atoms with E-state index in [1.54, 1.807) is 19.1 Å². The number of benzene rings is 1. The molecule has 0 aliphatic rings. The van der Waals surface area contributed by atoms with Crippen LogP contribution in [0.1, 0.15) is 49.7 Å². The lowest BCUT2D eigenvalue weighted by Gasteiger charge is -2.21. The van der Waals surface area contributed by atoms with Crippen LogP contribution in [0, 0.1) is 5.92 Å². The molecular weight excluding hydrogens is 373 g/mol. The van der Waals surface area contributed by atoms with Crippen molar-refractivity contribution >= 4 is 6.03 Å². The Hall–Kier alpha value is -2.48. The number of furan rings is 1. The molecular formula is C20H25F3N2O3. The summed E-state index contributed by atoms with van der Waals surface area (Å²) in [6, 6.07) is 6.65. The highest BCUT2D eigenvalue weighted by Crippen LogP contribution is 2.30. The normalized spacial score (nSPS) is 14.0. The fraction of sp³-hybridized carbons (Fsp3) is 0.450. The third-order valence-electron chi connectivity index (χ3n) is 3.99. The second-order valence-electron chi connectivity index (χ2n) is 6.96. The van der Waals surface area contributed by atoms with E-state index in [0.717, 1.165) is 12.1 Å². The molecule has 8 heteroatoms. The summed E-state index contributed by atoms with van der Waals surface area (Å²) in [7, 11) is 0. The van der Waals surface area contributed by atoms with E-state index in [2.05, 4.69) is 10.6 Å². The van der Waals surface area contributed by atoms with Crippen molar-refractivity contribution < 1.29 is 27.1 Å². The largest absolute Gasteiger partial charge is 0.467 e. The van der Waals surface area contributed by atoms with Crippen LogP contribution in [-0.2, 0) is 10.9 Å². The van der Waals surface area contributed by atoms with Gasteiger partial charge >= 0.3 is 12.2 Å². The number of halogens is 3. The fourth-order valence-electron chi connectivity index (χ4n) is 2.57. The molecule has 0 radical (unpaired) electrons. The van der Waals surface area contributed by atoms with Crippen molar-refractivity contribution in [3.63, 3.8) is 0 Å². The van der Waals surface area contributed by atoms with Gasteiger partial charge < -0.3 is 19.8 Å². The topological polar surface area (TPSA) is 63.5 Å². The van der Waals surface area contributed by atoms with E-state index < -0.39 is 29.9 Å². The predicted molar refractivity (Wildman–Crippen MR) is 98.6 cm³/mol. The van der Waals surface area contributed by atoms with Gasteiger partial charge in [-0.1, -0.05) is 26.0 Å². The third-order valence-corrected chi connectivity index (χ3v) is 3.99. The van der Waals surface area contributed by atoms with E-state index >= 15 is 0 Å². The lowest BCUT2D eigenvalue weighted by Crippen LogP contribution is -2.40. The van der Waals surface area contributed by atoms with Crippen molar-refractivity contribution in [2.75, 3.05) is 13.2 Å². The number of ether oxygens (including phenoxy) is 1. The molecule has 1 heterocycles. The SMILES string of the molecule is CC(C)COCC(NC(=O)NC(C)c1cccc(C(F)(F)F)c1)c1ccco1. The van der Waals surface area contributed by atoms with Gasteiger partial charge in [-0.3, -0.25) is 0 Å². The summed E-state index contributed by atoms with van der Waals surface area (Å²) in [5.74, 6) is 0.873. The number of carbonyl (C=O) groups excluding carboxylic acids is 1. The molecule has 0 aliphatic heterocycles. The predicted octanol–water partition coefficient (Wildman–Crippen LogP) is 5.07. The molecule has 0 spiro atoms. The summed E-state index contributed by atoms with van der Waals surface area (Å²) < 4.78 is 49.6. The van der Waals surface area contributed by atoms with Gasteiger partial charge in [0.05, 0.1) is 24.5 Å². The first-order valence-electron chi connectivity index (χ1n) is 9.02. The maximum atomic E-state index is 12.9. The van der Waals surface area contributed by atoms with Crippen molar-refractivity contribution in [3.8, 4) is 0 Å². The molecule has 0 saturated carbocycles. The summed E-state index contributed by atoms with van der Waals surface area (Å²) in [6.45, 7) is 6.39. The summed E-state index contributed by atoms with van der Waals surface area (Å²) in [5.41, 5.74) is -0.398. The van der Waals surface area contributed by atoms with Crippen molar-refractivity contribution in [2.24, 2.45) is 5.92 Å². The van der Waals surface area contributed by atoms with Crippen molar-refractivity contribution in [3.05, 3.63) is 59.5 Å². The van der Waals surface area contributed by atoms with Crippen molar-refractivity contribution in [2.45, 2.75) is 39.0 Å². The van der Waals surface area contributed by atoms with Crippen LogP contribution in [0.25, 0.3) is 0 Å². The molecule has 5 nitrogen and oxygen atoms in total. The van der Waals surface area contributed by atoms with Gasteiger partial charge in [0.2, 0.25) is 0 Å². The second-order valence-corrected chi connectivity index (χ2v) is 6.96. The number of hydrogen-bond acceptors (Lipinski definition) is 3. The molecule has 28 heavy (non-hydrogen) atoms. The van der Waals surface area contributed by atoms with Gasteiger partial charge in [0.25, 0.3) is 0 Å². The average Bonchev–Trinajstić information content (AvgIpc) is 3.14. The molecule has 2 atom stereocenters. The Morgan fingerprint density at radius 1 is 1.11 bits per heavy atom. The molecule has 154 valence electrons. The molecule has 2 amide bonds. The molecule has 1 aromatic carbocycles. The molecule has 0 saturated heterocycles. The zero-order chi connectivity index (χ0) is 20.7. The van der Waals surface area contributed by atoms with Crippen LogP contribution in [-0.4, -0.2) is 19.2 Å². The van der Waals surface area contributed by atoms with Crippen LogP contribution in [0.15, 0.2) is 47.1 Å². The number of hydrogen-bond donors (Lipinski definition) is 2. The first-order chi connectivity index (χ1) is 13.2. The number of nitrogens with one attached hydrogen (secondary N) is 2. The van der Waals surface area contributed by atoms with E-state index in [0.29, 0.717) is 23.8 Å². The van der Waals surface area contributed by atoms with Gasteiger partial charge in [0.15, 0.2) is 0 Å². The molecule has 0 fully saturated rings. The Labute approximate surface area is 162 Å². The number of carbonyl (C=O) groups is 1. The molecule has 1 aromatic heterocycles. The Kier molecular flexibility index (Phi) is 7.51. The molecule has 2 aromatic rings. The van der Waals surface area contributed by atoms with Gasteiger partial charge in [-0.15, -0.1) is 0 Å². The van der Waals surface area contributed by atoms with Gasteiger partial charge in [-0.05, 0) is 42.7 Å². The number of urea groups is 1. The van der Waals surface area contributed by atoms with Gasteiger partial charge in [0, 0.05) is 6.61 Å². The maximum absolute atomic E-state index is 12.9. The van der Waals surface area contributed by atoms with E-state index in [9.17, 15) is 18.0 Å². The van der Waals surface area contributed by atoms with E-state index in [1.165, 1.54) is 18.4 Å². The van der Waals surface area contributed by atoms with E-state index in [1.807, 2.05) is 13.8 Å². The van der Waals surface area contributed by atoms with Crippen LogP contribution in [0.3, 0.4) is 0 Å². The Bertz CT molecular complexity index is 745. The molecule has 2 unspecified atom stereocenters. The minimum Gasteiger partial charge on any atom is -0.467 e. The molecule has 0 bridgehead atoms. The Morgan fingerprint density at radius 2 is 1.86 bits per heavy atom. The monoisotopic (exact) mass is 398 g/mol. The maximum Gasteiger partial charge on any atom is 0.416 e. The number of alkyl halides is 3. The zero-order valence-electron chi connectivity index (χ0n) is 16.0. The first-order valence-corrected chi connectivity index (χ1v) is 9.02.